The third-order valence-corrected chi connectivity index (χ3v) is 4.53. The summed E-state index contributed by atoms with van der Waals surface area (Å²) in [4.78, 5) is 17.8. The van der Waals surface area contributed by atoms with Crippen molar-refractivity contribution in [1.29, 1.82) is 0 Å². The molecule has 0 bridgehead atoms. The molecule has 0 spiro atoms. The van der Waals surface area contributed by atoms with E-state index in [0.717, 1.165) is 0 Å². The molecular weight excluding hydrogens is 325 g/mol. The lowest BCUT2D eigenvalue weighted by molar-refractivity contribution is -0.141. The predicted octanol–water partition coefficient (Wildman–Crippen LogP) is 1.23. The summed E-state index contributed by atoms with van der Waals surface area (Å²) < 4.78 is 38.3. The average molecular weight is 348 g/mol. The number of nitrogens with one attached hydrogen (secondary N) is 1. The Morgan fingerprint density at radius 2 is 2.08 bits per heavy atom. The van der Waals surface area contributed by atoms with Gasteiger partial charge in [-0.3, -0.25) is 9.69 Å². The highest BCUT2D eigenvalue weighted by molar-refractivity contribution is 5.81. The molecule has 1 aromatic rings. The number of aliphatic hydroxyl groups excluding tert-OH is 1. The number of nitrogens with zero attached hydrogens (tertiary/aromatic N) is 3. The number of hydrogen-bond acceptors (Lipinski definition) is 4. The molecule has 1 fully saturated rings. The standard InChI is InChI=1S/C15H23F3N4O2/c1-10(14(24)20-9-15(16,17)18)22-6-3-11(4-7-22)12(23)13-19-5-8-21(13)2/h5,8,10-12,23H,3-4,6-7,9H2,1-2H3,(H,20,24). The van der Waals surface area contributed by atoms with E-state index in [-0.39, 0.29) is 5.92 Å². The maximum absolute atomic E-state index is 12.2. The highest BCUT2D eigenvalue weighted by Crippen LogP contribution is 2.30. The van der Waals surface area contributed by atoms with E-state index in [9.17, 15) is 23.1 Å². The number of rotatable bonds is 5. The summed E-state index contributed by atoms with van der Waals surface area (Å²) in [5.41, 5.74) is 0. The van der Waals surface area contributed by atoms with Gasteiger partial charge in [0.15, 0.2) is 0 Å². The lowest BCUT2D eigenvalue weighted by atomic mass is 9.90. The maximum Gasteiger partial charge on any atom is 0.405 e. The lowest BCUT2D eigenvalue weighted by Gasteiger charge is -2.36. The van der Waals surface area contributed by atoms with Crippen molar-refractivity contribution in [2.75, 3.05) is 19.6 Å². The number of carbonyl (C=O) groups is 1. The molecule has 6 nitrogen and oxygen atoms in total. The Morgan fingerprint density at radius 1 is 1.46 bits per heavy atom. The second kappa shape index (κ2) is 7.52. The van der Waals surface area contributed by atoms with Crippen LogP contribution < -0.4 is 5.32 Å². The molecule has 136 valence electrons. The summed E-state index contributed by atoms with van der Waals surface area (Å²) in [6.45, 7) is 1.38. The minimum absolute atomic E-state index is 0.0211. The van der Waals surface area contributed by atoms with E-state index in [1.807, 2.05) is 17.3 Å². The minimum Gasteiger partial charge on any atom is -0.385 e. The molecular formula is C15H23F3N4O2. The Labute approximate surface area is 138 Å². The predicted molar refractivity (Wildman–Crippen MR) is 81.0 cm³/mol. The van der Waals surface area contributed by atoms with Crippen molar-refractivity contribution in [3.05, 3.63) is 18.2 Å². The van der Waals surface area contributed by atoms with Crippen LogP contribution in [0.1, 0.15) is 31.7 Å². The van der Waals surface area contributed by atoms with Crippen molar-refractivity contribution < 1.29 is 23.1 Å². The Kier molecular flexibility index (Phi) is 5.87. The highest BCUT2D eigenvalue weighted by atomic mass is 19.4. The second-order valence-electron chi connectivity index (χ2n) is 6.22. The number of alkyl halides is 3. The second-order valence-corrected chi connectivity index (χ2v) is 6.22. The number of carbonyl (C=O) groups excluding carboxylic acids is 1. The third kappa shape index (κ3) is 4.70. The highest BCUT2D eigenvalue weighted by Gasteiger charge is 2.33. The number of likely N-dealkylation sites (tertiary alicyclic amines) is 1. The largest absolute Gasteiger partial charge is 0.405 e. The zero-order valence-corrected chi connectivity index (χ0v) is 13.8. The minimum atomic E-state index is -4.41. The third-order valence-electron chi connectivity index (χ3n) is 4.53. The summed E-state index contributed by atoms with van der Waals surface area (Å²) in [6.07, 6.45) is -0.382. The number of imidazole rings is 1. The van der Waals surface area contributed by atoms with Crippen molar-refractivity contribution in [3.63, 3.8) is 0 Å². The molecule has 0 aromatic carbocycles. The molecule has 1 aliphatic rings. The summed E-state index contributed by atoms with van der Waals surface area (Å²) in [5, 5.41) is 12.3. The summed E-state index contributed by atoms with van der Waals surface area (Å²) in [7, 11) is 1.81. The zero-order chi connectivity index (χ0) is 17.9. The molecule has 2 rings (SSSR count). The van der Waals surface area contributed by atoms with Gasteiger partial charge in [-0.05, 0) is 38.8 Å². The van der Waals surface area contributed by atoms with E-state index in [2.05, 4.69) is 4.98 Å². The van der Waals surface area contributed by atoms with Gasteiger partial charge in [0.05, 0.1) is 6.04 Å². The maximum atomic E-state index is 12.2. The van der Waals surface area contributed by atoms with Gasteiger partial charge in [-0.1, -0.05) is 0 Å². The smallest absolute Gasteiger partial charge is 0.385 e. The Bertz CT molecular complexity index is 553. The average Bonchev–Trinajstić information content (AvgIpc) is 2.96. The molecule has 9 heteroatoms. The first-order valence-electron chi connectivity index (χ1n) is 7.93. The van der Waals surface area contributed by atoms with Gasteiger partial charge in [0.1, 0.15) is 18.5 Å². The SMILES string of the molecule is CC(C(=O)NCC(F)(F)F)N1CCC(C(O)c2nccn2C)CC1. The first kappa shape index (κ1) is 18.7. The van der Waals surface area contributed by atoms with Crippen molar-refractivity contribution in [1.82, 2.24) is 19.8 Å². The van der Waals surface area contributed by atoms with Crippen LogP contribution in [0.3, 0.4) is 0 Å². The van der Waals surface area contributed by atoms with Crippen LogP contribution in [0, 0.1) is 5.92 Å². The quantitative estimate of drug-likeness (QED) is 0.840. The molecule has 1 saturated heterocycles. The van der Waals surface area contributed by atoms with Crippen LogP contribution in [-0.4, -0.2) is 57.3 Å². The first-order chi connectivity index (χ1) is 11.2. The van der Waals surface area contributed by atoms with Crippen molar-refractivity contribution in [2.24, 2.45) is 13.0 Å². The van der Waals surface area contributed by atoms with E-state index < -0.39 is 30.8 Å². The van der Waals surface area contributed by atoms with Gasteiger partial charge in [0.25, 0.3) is 0 Å². The topological polar surface area (TPSA) is 70.4 Å². The zero-order valence-electron chi connectivity index (χ0n) is 13.8. The van der Waals surface area contributed by atoms with E-state index in [1.165, 1.54) is 0 Å². The van der Waals surface area contributed by atoms with Gasteiger partial charge in [0.2, 0.25) is 5.91 Å². The van der Waals surface area contributed by atoms with Gasteiger partial charge in [-0.15, -0.1) is 0 Å². The molecule has 2 N–H and O–H groups in total. The fraction of sp³-hybridized carbons (Fsp3) is 0.733. The summed E-state index contributed by atoms with van der Waals surface area (Å²) in [5.74, 6) is -0.00682. The molecule has 0 saturated carbocycles. The fourth-order valence-electron chi connectivity index (χ4n) is 3.00. The summed E-state index contributed by atoms with van der Waals surface area (Å²) >= 11 is 0. The Hall–Kier alpha value is -1.61. The van der Waals surface area contributed by atoms with Crippen LogP contribution in [0.15, 0.2) is 12.4 Å². The normalized spacial score (nSPS) is 19.9. The van der Waals surface area contributed by atoms with Crippen LogP contribution in [0.25, 0.3) is 0 Å². The molecule has 0 aliphatic carbocycles. The monoisotopic (exact) mass is 348 g/mol. The van der Waals surface area contributed by atoms with E-state index in [1.54, 1.807) is 23.9 Å². The Balaban J connectivity index is 1.83. The Morgan fingerprint density at radius 3 is 2.58 bits per heavy atom. The number of amides is 1. The van der Waals surface area contributed by atoms with Crippen molar-refractivity contribution in [3.8, 4) is 0 Å². The molecule has 1 aliphatic heterocycles. The molecule has 24 heavy (non-hydrogen) atoms. The van der Waals surface area contributed by atoms with E-state index >= 15 is 0 Å². The van der Waals surface area contributed by atoms with Gasteiger partial charge in [-0.2, -0.15) is 13.2 Å². The number of aryl methyl sites for hydroxylation is 1. The number of aromatic nitrogens is 2. The van der Waals surface area contributed by atoms with Crippen LogP contribution in [-0.2, 0) is 11.8 Å². The van der Waals surface area contributed by atoms with Gasteiger partial charge in [0, 0.05) is 19.4 Å². The molecule has 1 aromatic heterocycles. The fourth-order valence-corrected chi connectivity index (χ4v) is 3.00. The number of piperidine rings is 1. The van der Waals surface area contributed by atoms with Crippen LogP contribution in [0.5, 0.6) is 0 Å². The number of aliphatic hydroxyl groups is 1. The molecule has 0 radical (unpaired) electrons. The summed E-state index contributed by atoms with van der Waals surface area (Å²) in [6, 6.07) is -0.626. The van der Waals surface area contributed by atoms with Gasteiger partial charge < -0.3 is 15.0 Å². The lowest BCUT2D eigenvalue weighted by Crippen LogP contribution is -2.50. The first-order valence-corrected chi connectivity index (χ1v) is 7.93. The molecule has 2 heterocycles. The van der Waals surface area contributed by atoms with Crippen molar-refractivity contribution in [2.45, 2.75) is 38.1 Å². The van der Waals surface area contributed by atoms with Crippen LogP contribution >= 0.6 is 0 Å². The van der Waals surface area contributed by atoms with Crippen molar-refractivity contribution >= 4 is 5.91 Å². The van der Waals surface area contributed by atoms with Crippen LogP contribution in [0.4, 0.5) is 13.2 Å². The molecule has 2 atom stereocenters. The molecule has 1 amide bonds. The number of hydrogen-bond donors (Lipinski definition) is 2. The van der Waals surface area contributed by atoms with E-state index in [0.29, 0.717) is 31.8 Å². The van der Waals surface area contributed by atoms with Gasteiger partial charge in [-0.25, -0.2) is 4.98 Å². The van der Waals surface area contributed by atoms with E-state index in [4.69, 9.17) is 0 Å². The van der Waals surface area contributed by atoms with Gasteiger partial charge >= 0.3 is 6.18 Å². The molecule has 2 unspecified atom stereocenters. The van der Waals surface area contributed by atoms with Crippen LogP contribution in [0.2, 0.25) is 0 Å². The number of halogens is 3.